The lowest BCUT2D eigenvalue weighted by Crippen LogP contribution is -2.33. The maximum atomic E-state index is 13.8. The molecule has 4 nitrogen and oxygen atoms in total. The van der Waals surface area contributed by atoms with Crippen LogP contribution in [-0.2, 0) is 13.1 Å². The molecule has 0 bridgehead atoms. The van der Waals surface area contributed by atoms with Crippen LogP contribution in [0.25, 0.3) is 0 Å². The van der Waals surface area contributed by atoms with E-state index in [1.165, 1.54) is 6.07 Å². The normalized spacial score (nSPS) is 10.5. The first-order chi connectivity index (χ1) is 12.5. The van der Waals surface area contributed by atoms with Gasteiger partial charge in [-0.3, -0.25) is 0 Å². The van der Waals surface area contributed by atoms with Gasteiger partial charge in [0, 0.05) is 17.8 Å². The van der Waals surface area contributed by atoms with Crippen LogP contribution in [0.5, 0.6) is 5.75 Å². The first-order valence-corrected chi connectivity index (χ1v) is 8.55. The van der Waals surface area contributed by atoms with E-state index in [0.29, 0.717) is 29.5 Å². The SMILES string of the molecule is Cc1ccc(NC(=S)N(Cc2ccco2)Cc2ccccc2O)cc1F. The predicted molar refractivity (Wildman–Crippen MR) is 103 cm³/mol. The molecule has 134 valence electrons. The lowest BCUT2D eigenvalue weighted by atomic mass is 10.2. The molecule has 0 amide bonds. The van der Waals surface area contributed by atoms with Crippen LogP contribution < -0.4 is 5.32 Å². The highest BCUT2D eigenvalue weighted by molar-refractivity contribution is 7.80. The maximum absolute atomic E-state index is 13.8. The fourth-order valence-corrected chi connectivity index (χ4v) is 2.76. The quantitative estimate of drug-likeness (QED) is 0.630. The highest BCUT2D eigenvalue weighted by Gasteiger charge is 2.15. The van der Waals surface area contributed by atoms with Crippen molar-refractivity contribution in [1.29, 1.82) is 0 Å². The van der Waals surface area contributed by atoms with Crippen molar-refractivity contribution < 1.29 is 13.9 Å². The summed E-state index contributed by atoms with van der Waals surface area (Å²) >= 11 is 5.52. The molecule has 6 heteroatoms. The van der Waals surface area contributed by atoms with E-state index in [0.717, 1.165) is 11.3 Å². The molecule has 0 atom stereocenters. The third kappa shape index (κ3) is 4.40. The molecule has 1 heterocycles. The van der Waals surface area contributed by atoms with Crippen molar-refractivity contribution in [2.45, 2.75) is 20.0 Å². The second-order valence-electron chi connectivity index (χ2n) is 5.96. The molecule has 0 radical (unpaired) electrons. The van der Waals surface area contributed by atoms with Crippen molar-refractivity contribution in [2.24, 2.45) is 0 Å². The van der Waals surface area contributed by atoms with Crippen molar-refractivity contribution in [2.75, 3.05) is 5.32 Å². The number of hydrogen-bond donors (Lipinski definition) is 2. The minimum absolute atomic E-state index is 0.195. The molecule has 0 aliphatic carbocycles. The second-order valence-corrected chi connectivity index (χ2v) is 6.34. The molecule has 0 saturated carbocycles. The number of nitrogens with zero attached hydrogens (tertiary/aromatic N) is 1. The van der Waals surface area contributed by atoms with Crippen LogP contribution in [0.1, 0.15) is 16.9 Å². The Morgan fingerprint density at radius 2 is 1.96 bits per heavy atom. The van der Waals surface area contributed by atoms with Gasteiger partial charge in [-0.05, 0) is 55.0 Å². The Labute approximate surface area is 156 Å². The van der Waals surface area contributed by atoms with Gasteiger partial charge in [0.25, 0.3) is 0 Å². The number of benzene rings is 2. The number of thiocarbonyl (C=S) groups is 1. The summed E-state index contributed by atoms with van der Waals surface area (Å²) in [6, 6.07) is 15.6. The largest absolute Gasteiger partial charge is 0.508 e. The van der Waals surface area contributed by atoms with Crippen molar-refractivity contribution in [3.63, 3.8) is 0 Å². The summed E-state index contributed by atoms with van der Waals surface area (Å²) in [6.45, 7) is 2.51. The number of aromatic hydroxyl groups is 1. The van der Waals surface area contributed by atoms with Gasteiger partial charge in [0.15, 0.2) is 5.11 Å². The van der Waals surface area contributed by atoms with Gasteiger partial charge >= 0.3 is 0 Å². The molecular formula is C20H19FN2O2S. The Bertz CT molecular complexity index is 897. The molecule has 26 heavy (non-hydrogen) atoms. The Hall–Kier alpha value is -2.86. The number of phenolic OH excluding ortho intramolecular Hbond substituents is 1. The first-order valence-electron chi connectivity index (χ1n) is 8.14. The van der Waals surface area contributed by atoms with Gasteiger partial charge in [-0.1, -0.05) is 24.3 Å². The van der Waals surface area contributed by atoms with Crippen LogP contribution in [0.3, 0.4) is 0 Å². The number of aryl methyl sites for hydroxylation is 1. The van der Waals surface area contributed by atoms with E-state index < -0.39 is 0 Å². The molecule has 0 fully saturated rings. The average Bonchev–Trinajstić information content (AvgIpc) is 3.12. The maximum Gasteiger partial charge on any atom is 0.174 e. The topological polar surface area (TPSA) is 48.6 Å². The Morgan fingerprint density at radius 1 is 1.15 bits per heavy atom. The minimum atomic E-state index is -0.295. The number of nitrogens with one attached hydrogen (secondary N) is 1. The fourth-order valence-electron chi connectivity index (χ4n) is 2.51. The van der Waals surface area contributed by atoms with Crippen LogP contribution >= 0.6 is 12.2 Å². The van der Waals surface area contributed by atoms with Crippen molar-refractivity contribution in [3.05, 3.63) is 83.6 Å². The van der Waals surface area contributed by atoms with E-state index in [2.05, 4.69) is 5.32 Å². The molecule has 0 saturated heterocycles. The van der Waals surface area contributed by atoms with E-state index in [1.807, 2.05) is 23.1 Å². The summed E-state index contributed by atoms with van der Waals surface area (Å²) in [5, 5.41) is 13.5. The Kier molecular flexibility index (Phi) is 5.53. The minimum Gasteiger partial charge on any atom is -0.508 e. The molecule has 2 aromatic carbocycles. The zero-order chi connectivity index (χ0) is 18.5. The number of furan rings is 1. The number of para-hydroxylation sites is 1. The van der Waals surface area contributed by atoms with Gasteiger partial charge in [-0.2, -0.15) is 0 Å². The standard InChI is InChI=1S/C20H19FN2O2S/c1-14-8-9-16(11-18(14)21)22-20(26)23(13-17-6-4-10-25-17)12-15-5-2-3-7-19(15)24/h2-11,24H,12-13H2,1H3,(H,22,26). The van der Waals surface area contributed by atoms with Crippen LogP contribution in [0, 0.1) is 12.7 Å². The highest BCUT2D eigenvalue weighted by atomic mass is 32.1. The Balaban J connectivity index is 1.80. The lowest BCUT2D eigenvalue weighted by Gasteiger charge is -2.25. The second kappa shape index (κ2) is 8.01. The van der Waals surface area contributed by atoms with Gasteiger partial charge in [0.05, 0.1) is 12.8 Å². The van der Waals surface area contributed by atoms with Gasteiger partial charge in [0.1, 0.15) is 17.3 Å². The van der Waals surface area contributed by atoms with Gasteiger partial charge in [-0.25, -0.2) is 4.39 Å². The molecular weight excluding hydrogens is 351 g/mol. The number of phenols is 1. The zero-order valence-electron chi connectivity index (χ0n) is 14.3. The lowest BCUT2D eigenvalue weighted by molar-refractivity contribution is 0.353. The smallest absolute Gasteiger partial charge is 0.174 e. The van der Waals surface area contributed by atoms with E-state index in [9.17, 15) is 9.50 Å². The average molecular weight is 370 g/mol. The summed E-state index contributed by atoms with van der Waals surface area (Å²) < 4.78 is 19.2. The number of rotatable bonds is 5. The van der Waals surface area contributed by atoms with Gasteiger partial charge < -0.3 is 19.7 Å². The van der Waals surface area contributed by atoms with Crippen molar-refractivity contribution >= 4 is 23.0 Å². The molecule has 2 N–H and O–H groups in total. The number of anilines is 1. The van der Waals surface area contributed by atoms with Crippen LogP contribution in [0.4, 0.5) is 10.1 Å². The molecule has 3 aromatic rings. The van der Waals surface area contributed by atoms with E-state index >= 15 is 0 Å². The van der Waals surface area contributed by atoms with Gasteiger partial charge in [-0.15, -0.1) is 0 Å². The summed E-state index contributed by atoms with van der Waals surface area (Å²) in [5.41, 5.74) is 1.88. The molecule has 0 spiro atoms. The van der Waals surface area contributed by atoms with Crippen LogP contribution in [0.15, 0.2) is 65.3 Å². The predicted octanol–water partition coefficient (Wildman–Crippen LogP) is 4.83. The van der Waals surface area contributed by atoms with Crippen molar-refractivity contribution in [3.8, 4) is 5.75 Å². The Morgan fingerprint density at radius 3 is 2.65 bits per heavy atom. The zero-order valence-corrected chi connectivity index (χ0v) is 15.1. The summed E-state index contributed by atoms with van der Waals surface area (Å²) in [5.74, 6) is 0.636. The summed E-state index contributed by atoms with van der Waals surface area (Å²) in [7, 11) is 0. The third-order valence-electron chi connectivity index (χ3n) is 3.99. The molecule has 3 rings (SSSR count). The molecule has 0 aliphatic heterocycles. The van der Waals surface area contributed by atoms with Crippen LogP contribution in [-0.4, -0.2) is 15.1 Å². The molecule has 0 unspecified atom stereocenters. The molecule has 1 aromatic heterocycles. The van der Waals surface area contributed by atoms with Gasteiger partial charge in [0.2, 0.25) is 0 Å². The van der Waals surface area contributed by atoms with E-state index in [1.54, 1.807) is 43.5 Å². The molecule has 0 aliphatic rings. The summed E-state index contributed by atoms with van der Waals surface area (Å²) in [4.78, 5) is 1.85. The number of hydrogen-bond acceptors (Lipinski definition) is 3. The van der Waals surface area contributed by atoms with Crippen molar-refractivity contribution in [1.82, 2.24) is 4.90 Å². The van der Waals surface area contributed by atoms with E-state index in [-0.39, 0.29) is 11.6 Å². The first kappa shape index (κ1) is 17.9. The summed E-state index contributed by atoms with van der Waals surface area (Å²) in [6.07, 6.45) is 1.60. The monoisotopic (exact) mass is 370 g/mol. The third-order valence-corrected chi connectivity index (χ3v) is 4.35. The van der Waals surface area contributed by atoms with E-state index in [4.69, 9.17) is 16.6 Å². The highest BCUT2D eigenvalue weighted by Crippen LogP contribution is 2.21. The fraction of sp³-hybridized carbons (Fsp3) is 0.150. The van der Waals surface area contributed by atoms with Crippen LogP contribution in [0.2, 0.25) is 0 Å². The number of halogens is 1.